The van der Waals surface area contributed by atoms with Crippen molar-refractivity contribution in [1.82, 2.24) is 19.9 Å². The van der Waals surface area contributed by atoms with Gasteiger partial charge in [0.05, 0.1) is 11.7 Å². The fourth-order valence-corrected chi connectivity index (χ4v) is 3.70. The topological polar surface area (TPSA) is 177 Å². The third-order valence-electron chi connectivity index (χ3n) is 5.92. The smallest absolute Gasteiger partial charge is 0.475 e. The molecule has 4 aromatic rings. The fourth-order valence-electron chi connectivity index (χ4n) is 3.70. The number of fused-ring (bicyclic) bond motifs is 1. The van der Waals surface area contributed by atoms with E-state index < -0.39 is 41.7 Å². The van der Waals surface area contributed by atoms with Gasteiger partial charge in [-0.15, -0.1) is 0 Å². The molecule has 2 aromatic carbocycles. The Hall–Kier alpha value is -5.47. The summed E-state index contributed by atoms with van der Waals surface area (Å²) in [6.07, 6.45) is -9.14. The summed E-state index contributed by atoms with van der Waals surface area (Å²) in [6.45, 7) is 3.39. The number of oxazole rings is 1. The number of H-pyrrole nitrogens is 1. The number of rotatable bonds is 5. The molecule has 0 aliphatic carbocycles. The average Bonchev–Trinajstić information content (AvgIpc) is 3.34. The van der Waals surface area contributed by atoms with Gasteiger partial charge >= 0.3 is 30.0 Å². The van der Waals surface area contributed by atoms with Gasteiger partial charge in [-0.05, 0) is 43.4 Å². The number of piperazine rings is 1. The number of benzene rings is 2. The summed E-state index contributed by atoms with van der Waals surface area (Å²) in [7, 11) is 2.06. The molecule has 0 atom stereocenters. The molecule has 0 spiro atoms. The van der Waals surface area contributed by atoms with E-state index in [1.807, 2.05) is 6.07 Å². The Kier molecular flexibility index (Phi) is 11.3. The van der Waals surface area contributed by atoms with Crippen molar-refractivity contribution < 1.29 is 59.3 Å². The maximum absolute atomic E-state index is 14.4. The van der Waals surface area contributed by atoms with Crippen molar-refractivity contribution >= 4 is 51.9 Å². The van der Waals surface area contributed by atoms with Crippen molar-refractivity contribution in [3.05, 3.63) is 64.8 Å². The molecule has 0 bridgehead atoms. The fraction of sp³-hybridized carbons (Fsp3) is 0.269. The molecule has 0 radical (unpaired) electrons. The molecule has 0 saturated carbocycles. The van der Waals surface area contributed by atoms with Crippen LogP contribution in [0.4, 0.5) is 64.0 Å². The zero-order valence-electron chi connectivity index (χ0n) is 23.7. The van der Waals surface area contributed by atoms with Gasteiger partial charge in [0, 0.05) is 43.2 Å². The van der Waals surface area contributed by atoms with Crippen LogP contribution in [0.3, 0.4) is 0 Å². The van der Waals surface area contributed by atoms with Crippen LogP contribution in [-0.4, -0.2) is 87.6 Å². The van der Waals surface area contributed by atoms with Crippen molar-refractivity contribution in [2.75, 3.05) is 48.8 Å². The average molecular weight is 681 g/mol. The minimum absolute atomic E-state index is 0.0756. The van der Waals surface area contributed by atoms with E-state index in [-0.39, 0.29) is 11.8 Å². The third kappa shape index (κ3) is 10.8. The van der Waals surface area contributed by atoms with Crippen LogP contribution >= 0.6 is 0 Å². The van der Waals surface area contributed by atoms with Crippen LogP contribution in [0.15, 0.2) is 51.8 Å². The number of hydrogen-bond acceptors (Lipinski definition) is 10. The van der Waals surface area contributed by atoms with Gasteiger partial charge in [-0.1, -0.05) is 0 Å². The summed E-state index contributed by atoms with van der Waals surface area (Å²) in [5, 5.41) is 20.1. The SMILES string of the molecule is CN1CCN(c2cc(F)cc(Nc3ncc(F)c(Nc4ccc5oc(=O)[nH]c5c4)n3)c2)CC1.O=C(O)C(F)(F)F.O=C(O)C(F)(F)F. The molecule has 13 nitrogen and oxygen atoms in total. The number of aliphatic carboxylic acids is 2. The zero-order valence-corrected chi connectivity index (χ0v) is 23.7. The molecule has 1 aliphatic heterocycles. The number of hydrogen-bond donors (Lipinski definition) is 5. The molecule has 47 heavy (non-hydrogen) atoms. The van der Waals surface area contributed by atoms with Gasteiger partial charge in [-0.3, -0.25) is 4.98 Å². The standard InChI is InChI=1S/C22H21F2N7O2.2C2HF3O2/c1-30-4-6-31(7-5-30)16-9-13(23)8-15(10-16)27-21-25-12-17(24)20(29-21)26-14-2-3-19-18(11-14)28-22(32)33-19;2*3-2(4,5)1(6)7/h2-3,8-12H,4-7H2,1H3,(H,28,32)(H2,25,26,27,29);2*(H,6,7). The second-order valence-electron chi connectivity index (χ2n) is 9.46. The summed E-state index contributed by atoms with van der Waals surface area (Å²) in [6, 6.07) is 9.46. The maximum Gasteiger partial charge on any atom is 0.490 e. The van der Waals surface area contributed by atoms with Crippen LogP contribution in [0.2, 0.25) is 0 Å². The molecule has 1 aliphatic rings. The Morgan fingerprint density at radius 1 is 0.894 bits per heavy atom. The first-order valence-corrected chi connectivity index (χ1v) is 12.9. The van der Waals surface area contributed by atoms with Crippen LogP contribution in [0.5, 0.6) is 0 Å². The highest BCUT2D eigenvalue weighted by molar-refractivity contribution is 5.78. The number of halogens is 8. The number of carbonyl (C=O) groups is 2. The number of likely N-dealkylation sites (N-methyl/N-ethyl adjacent to an activating group) is 1. The summed E-state index contributed by atoms with van der Waals surface area (Å²) in [5.74, 6) is -7.12. The van der Waals surface area contributed by atoms with Gasteiger partial charge in [-0.25, -0.2) is 28.1 Å². The molecule has 0 unspecified atom stereocenters. The van der Waals surface area contributed by atoms with Gasteiger partial charge in [0.25, 0.3) is 0 Å². The predicted molar refractivity (Wildman–Crippen MR) is 149 cm³/mol. The van der Waals surface area contributed by atoms with Crippen LogP contribution < -0.4 is 21.3 Å². The molecule has 21 heteroatoms. The van der Waals surface area contributed by atoms with E-state index in [2.05, 4.69) is 42.4 Å². The van der Waals surface area contributed by atoms with Gasteiger partial charge in [-0.2, -0.15) is 31.3 Å². The van der Waals surface area contributed by atoms with Crippen LogP contribution in [-0.2, 0) is 9.59 Å². The lowest BCUT2D eigenvalue weighted by Gasteiger charge is -2.34. The number of aromatic amines is 1. The quantitative estimate of drug-likeness (QED) is 0.184. The number of carboxylic acids is 2. The highest BCUT2D eigenvalue weighted by Crippen LogP contribution is 2.26. The minimum Gasteiger partial charge on any atom is -0.475 e. The highest BCUT2D eigenvalue weighted by atomic mass is 19.4. The molecule has 1 saturated heterocycles. The molecule has 0 amide bonds. The molecule has 254 valence electrons. The van der Waals surface area contributed by atoms with Crippen molar-refractivity contribution in [2.24, 2.45) is 0 Å². The van der Waals surface area contributed by atoms with E-state index >= 15 is 0 Å². The van der Waals surface area contributed by atoms with E-state index in [1.165, 1.54) is 12.1 Å². The Bertz CT molecular complexity index is 1750. The summed E-state index contributed by atoms with van der Waals surface area (Å²) in [4.78, 5) is 44.1. The van der Waals surface area contributed by atoms with Crippen LogP contribution in [0.25, 0.3) is 11.1 Å². The van der Waals surface area contributed by atoms with Crippen LogP contribution in [0, 0.1) is 11.6 Å². The molecular formula is C26H23F8N7O6. The van der Waals surface area contributed by atoms with Crippen molar-refractivity contribution in [3.8, 4) is 0 Å². The third-order valence-corrected chi connectivity index (χ3v) is 5.92. The largest absolute Gasteiger partial charge is 0.490 e. The number of anilines is 5. The number of alkyl halides is 6. The molecule has 2 aromatic heterocycles. The maximum atomic E-state index is 14.4. The lowest BCUT2D eigenvalue weighted by molar-refractivity contribution is -0.193. The van der Waals surface area contributed by atoms with E-state index in [1.54, 1.807) is 18.2 Å². The van der Waals surface area contributed by atoms with Gasteiger partial charge in [0.15, 0.2) is 17.2 Å². The van der Waals surface area contributed by atoms with Gasteiger partial charge < -0.3 is 35.1 Å². The Labute approximate surface area is 257 Å². The van der Waals surface area contributed by atoms with E-state index in [9.17, 15) is 39.9 Å². The van der Waals surface area contributed by atoms with Crippen molar-refractivity contribution in [2.45, 2.75) is 12.4 Å². The molecule has 1 fully saturated rings. The second kappa shape index (κ2) is 14.7. The molecular weight excluding hydrogens is 658 g/mol. The lowest BCUT2D eigenvalue weighted by atomic mass is 10.2. The molecule has 3 heterocycles. The summed E-state index contributed by atoms with van der Waals surface area (Å²) >= 11 is 0. The van der Waals surface area contributed by atoms with E-state index in [0.717, 1.165) is 38.1 Å². The van der Waals surface area contributed by atoms with Crippen molar-refractivity contribution in [3.63, 3.8) is 0 Å². The van der Waals surface area contributed by atoms with Gasteiger partial charge in [0.1, 0.15) is 5.82 Å². The second-order valence-corrected chi connectivity index (χ2v) is 9.46. The molecule has 5 rings (SSSR count). The Morgan fingerprint density at radius 2 is 1.49 bits per heavy atom. The first-order valence-electron chi connectivity index (χ1n) is 12.9. The first kappa shape index (κ1) is 36.0. The Balaban J connectivity index is 0.000000360. The monoisotopic (exact) mass is 681 g/mol. The predicted octanol–water partition coefficient (Wildman–Crippen LogP) is 4.69. The highest BCUT2D eigenvalue weighted by Gasteiger charge is 2.38. The number of aromatic nitrogens is 3. The summed E-state index contributed by atoms with van der Waals surface area (Å²) < 4.78 is 97.1. The normalized spacial score (nSPS) is 13.6. The number of nitrogens with one attached hydrogen (secondary N) is 3. The minimum atomic E-state index is -5.08. The summed E-state index contributed by atoms with van der Waals surface area (Å²) in [5.41, 5.74) is 2.56. The van der Waals surface area contributed by atoms with Crippen molar-refractivity contribution in [1.29, 1.82) is 0 Å². The molecule has 5 N–H and O–H groups in total. The van der Waals surface area contributed by atoms with Gasteiger partial charge in [0.2, 0.25) is 5.95 Å². The van der Waals surface area contributed by atoms with E-state index in [4.69, 9.17) is 24.2 Å². The lowest BCUT2D eigenvalue weighted by Crippen LogP contribution is -2.44. The Morgan fingerprint density at radius 3 is 2.06 bits per heavy atom. The number of nitrogens with zero attached hydrogens (tertiary/aromatic N) is 4. The van der Waals surface area contributed by atoms with E-state index in [0.29, 0.717) is 22.5 Å². The van der Waals surface area contributed by atoms with Crippen LogP contribution in [0.1, 0.15) is 0 Å². The number of carboxylic acid groups (broad SMARTS) is 2. The zero-order chi connectivity index (χ0) is 35.1. The first-order chi connectivity index (χ1) is 21.8.